The van der Waals surface area contributed by atoms with E-state index in [1.807, 2.05) is 42.9 Å². The molecule has 5 nitrogen and oxygen atoms in total. The number of nitrogens with one attached hydrogen (secondary N) is 1. The lowest BCUT2D eigenvalue weighted by Gasteiger charge is -2.12. The topological polar surface area (TPSA) is 59.8 Å². The van der Waals surface area contributed by atoms with E-state index in [-0.39, 0.29) is 11.8 Å². The van der Waals surface area contributed by atoms with Crippen LogP contribution in [-0.4, -0.2) is 27.2 Å². The molecule has 5 heteroatoms. The molecule has 0 atom stereocenters. The third-order valence-electron chi connectivity index (χ3n) is 3.61. The Balaban J connectivity index is 1.85. The summed E-state index contributed by atoms with van der Waals surface area (Å²) in [5, 5.41) is 7.47. The lowest BCUT2D eigenvalue weighted by atomic mass is 10.0. The number of rotatable bonds is 7. The summed E-state index contributed by atoms with van der Waals surface area (Å²) in [6.07, 6.45) is 7.21. The van der Waals surface area contributed by atoms with Crippen molar-refractivity contribution < 1.29 is 4.79 Å². The first-order valence-corrected chi connectivity index (χ1v) is 7.46. The zero-order chi connectivity index (χ0) is 15.1. The van der Waals surface area contributed by atoms with Crippen LogP contribution in [0, 0.1) is 5.92 Å². The molecule has 21 heavy (non-hydrogen) atoms. The molecule has 1 N–H and O–H groups in total. The molecule has 0 unspecified atom stereocenters. The van der Waals surface area contributed by atoms with Crippen LogP contribution in [0.15, 0.2) is 36.8 Å². The quantitative estimate of drug-likeness (QED) is 0.850. The fraction of sp³-hybridized carbons (Fsp3) is 0.438. The second-order valence-corrected chi connectivity index (χ2v) is 5.00. The highest BCUT2D eigenvalue weighted by atomic mass is 16.1. The highest BCUT2D eigenvalue weighted by molar-refractivity contribution is 5.78. The van der Waals surface area contributed by atoms with E-state index in [0.717, 1.165) is 24.1 Å². The summed E-state index contributed by atoms with van der Waals surface area (Å²) in [7, 11) is 0. The molecule has 1 amide bonds. The first-order valence-electron chi connectivity index (χ1n) is 7.46. The van der Waals surface area contributed by atoms with Crippen molar-refractivity contribution in [3.8, 4) is 11.3 Å². The number of nitrogens with zero attached hydrogens (tertiary/aromatic N) is 3. The minimum atomic E-state index is 0.120. The maximum Gasteiger partial charge on any atom is 0.223 e. The molecule has 0 spiro atoms. The summed E-state index contributed by atoms with van der Waals surface area (Å²) >= 11 is 0. The summed E-state index contributed by atoms with van der Waals surface area (Å²) in [6.45, 7) is 5.37. The van der Waals surface area contributed by atoms with Crippen LogP contribution in [0.5, 0.6) is 0 Å². The molecule has 0 aliphatic carbocycles. The Bertz CT molecular complexity index is 561. The van der Waals surface area contributed by atoms with Crippen LogP contribution in [-0.2, 0) is 11.3 Å². The highest BCUT2D eigenvalue weighted by Gasteiger charge is 2.13. The van der Waals surface area contributed by atoms with Gasteiger partial charge in [0.15, 0.2) is 0 Å². The highest BCUT2D eigenvalue weighted by Crippen LogP contribution is 2.14. The normalized spacial score (nSPS) is 10.8. The van der Waals surface area contributed by atoms with Gasteiger partial charge in [-0.3, -0.25) is 14.5 Å². The fourth-order valence-corrected chi connectivity index (χ4v) is 2.26. The van der Waals surface area contributed by atoms with Gasteiger partial charge in [0, 0.05) is 36.6 Å². The first kappa shape index (κ1) is 15.2. The van der Waals surface area contributed by atoms with Crippen molar-refractivity contribution in [2.24, 2.45) is 5.92 Å². The number of aromatic nitrogens is 3. The number of pyridine rings is 1. The van der Waals surface area contributed by atoms with E-state index in [4.69, 9.17) is 0 Å². The summed E-state index contributed by atoms with van der Waals surface area (Å²) in [5.74, 6) is 0.261. The molecule has 0 aliphatic rings. The zero-order valence-electron chi connectivity index (χ0n) is 12.6. The Kier molecular flexibility index (Phi) is 5.49. The Morgan fingerprint density at radius 2 is 1.95 bits per heavy atom. The largest absolute Gasteiger partial charge is 0.354 e. The lowest BCUT2D eigenvalue weighted by Crippen LogP contribution is -2.32. The average molecular weight is 286 g/mol. The molecule has 0 radical (unpaired) electrons. The van der Waals surface area contributed by atoms with Gasteiger partial charge in [0.2, 0.25) is 5.91 Å². The second-order valence-electron chi connectivity index (χ2n) is 5.00. The van der Waals surface area contributed by atoms with E-state index < -0.39 is 0 Å². The number of carbonyl (C=O) groups is 1. The Labute approximate surface area is 125 Å². The smallest absolute Gasteiger partial charge is 0.223 e. The molecule has 2 rings (SSSR count). The number of carbonyl (C=O) groups excluding carboxylic acids is 1. The molecule has 0 saturated carbocycles. The average Bonchev–Trinajstić information content (AvgIpc) is 2.98. The maximum absolute atomic E-state index is 11.9. The Morgan fingerprint density at radius 1 is 1.24 bits per heavy atom. The molecule has 0 aromatic carbocycles. The van der Waals surface area contributed by atoms with E-state index in [1.54, 1.807) is 12.4 Å². The van der Waals surface area contributed by atoms with Crippen LogP contribution in [0.25, 0.3) is 11.3 Å². The van der Waals surface area contributed by atoms with Gasteiger partial charge in [-0.05, 0) is 31.0 Å². The van der Waals surface area contributed by atoms with E-state index in [2.05, 4.69) is 15.4 Å². The van der Waals surface area contributed by atoms with Gasteiger partial charge in [-0.1, -0.05) is 13.8 Å². The molecule has 2 aromatic heterocycles. The van der Waals surface area contributed by atoms with Crippen LogP contribution in [0.3, 0.4) is 0 Å². The molecule has 0 fully saturated rings. The Hall–Kier alpha value is -2.17. The number of hydrogen-bond donors (Lipinski definition) is 1. The van der Waals surface area contributed by atoms with Crippen molar-refractivity contribution in [2.75, 3.05) is 6.54 Å². The summed E-state index contributed by atoms with van der Waals surface area (Å²) < 4.78 is 1.85. The van der Waals surface area contributed by atoms with Crippen molar-refractivity contribution in [2.45, 2.75) is 33.2 Å². The molecular formula is C16H22N4O. The SMILES string of the molecule is CCC(CC)C(=O)NCCn1ccc(-c2ccncc2)n1. The second kappa shape index (κ2) is 7.57. The van der Waals surface area contributed by atoms with Crippen molar-refractivity contribution >= 4 is 5.91 Å². The van der Waals surface area contributed by atoms with Gasteiger partial charge in [0.25, 0.3) is 0 Å². The summed E-state index contributed by atoms with van der Waals surface area (Å²) in [4.78, 5) is 15.9. The van der Waals surface area contributed by atoms with E-state index >= 15 is 0 Å². The Morgan fingerprint density at radius 3 is 2.62 bits per heavy atom. The third kappa shape index (κ3) is 4.15. The van der Waals surface area contributed by atoms with Crippen LogP contribution in [0.1, 0.15) is 26.7 Å². The van der Waals surface area contributed by atoms with Gasteiger partial charge < -0.3 is 5.32 Å². The molecule has 0 aliphatic heterocycles. The zero-order valence-corrected chi connectivity index (χ0v) is 12.6. The van der Waals surface area contributed by atoms with Crippen molar-refractivity contribution in [1.29, 1.82) is 0 Å². The summed E-state index contributed by atoms with van der Waals surface area (Å²) in [5.41, 5.74) is 1.97. The lowest BCUT2D eigenvalue weighted by molar-refractivity contribution is -0.125. The van der Waals surface area contributed by atoms with Crippen molar-refractivity contribution in [3.63, 3.8) is 0 Å². The van der Waals surface area contributed by atoms with Crippen LogP contribution < -0.4 is 5.32 Å². The number of hydrogen-bond acceptors (Lipinski definition) is 3. The van der Waals surface area contributed by atoms with Crippen LogP contribution >= 0.6 is 0 Å². The molecule has 2 heterocycles. The minimum absolute atomic E-state index is 0.120. The van der Waals surface area contributed by atoms with Gasteiger partial charge in [0.1, 0.15) is 0 Å². The van der Waals surface area contributed by atoms with Crippen LogP contribution in [0.4, 0.5) is 0 Å². The molecular weight excluding hydrogens is 264 g/mol. The predicted octanol–water partition coefficient (Wildman–Crippen LogP) is 2.50. The van der Waals surface area contributed by atoms with Gasteiger partial charge in [-0.2, -0.15) is 5.10 Å². The van der Waals surface area contributed by atoms with Crippen molar-refractivity contribution in [1.82, 2.24) is 20.1 Å². The molecule has 0 bridgehead atoms. The summed E-state index contributed by atoms with van der Waals surface area (Å²) in [6, 6.07) is 5.83. The molecule has 0 saturated heterocycles. The molecule has 2 aromatic rings. The van der Waals surface area contributed by atoms with Crippen LogP contribution in [0.2, 0.25) is 0 Å². The number of amides is 1. The maximum atomic E-state index is 11.9. The first-order chi connectivity index (χ1) is 10.2. The molecule has 112 valence electrons. The van der Waals surface area contributed by atoms with E-state index in [1.165, 1.54) is 0 Å². The fourth-order valence-electron chi connectivity index (χ4n) is 2.26. The van der Waals surface area contributed by atoms with E-state index in [0.29, 0.717) is 13.1 Å². The van der Waals surface area contributed by atoms with Gasteiger partial charge in [0.05, 0.1) is 12.2 Å². The third-order valence-corrected chi connectivity index (χ3v) is 3.61. The monoisotopic (exact) mass is 286 g/mol. The van der Waals surface area contributed by atoms with Gasteiger partial charge in [-0.15, -0.1) is 0 Å². The van der Waals surface area contributed by atoms with E-state index in [9.17, 15) is 4.79 Å². The predicted molar refractivity (Wildman–Crippen MR) is 82.5 cm³/mol. The van der Waals surface area contributed by atoms with Gasteiger partial charge >= 0.3 is 0 Å². The minimum Gasteiger partial charge on any atom is -0.354 e. The van der Waals surface area contributed by atoms with Gasteiger partial charge in [-0.25, -0.2) is 0 Å². The van der Waals surface area contributed by atoms with Crippen molar-refractivity contribution in [3.05, 3.63) is 36.8 Å². The standard InChI is InChI=1S/C16H22N4O/c1-3-13(4-2)16(21)18-10-12-20-11-7-15(19-20)14-5-8-17-9-6-14/h5-9,11,13H,3-4,10,12H2,1-2H3,(H,18,21).